The Kier molecular flexibility index (Phi) is 7.18. The van der Waals surface area contributed by atoms with E-state index in [0.29, 0.717) is 4.57 Å². The lowest BCUT2D eigenvalue weighted by Gasteiger charge is -2.27. The average Bonchev–Trinajstić information content (AvgIpc) is 2.83. The average molecular weight is 544 g/mol. The van der Waals surface area contributed by atoms with Crippen molar-refractivity contribution in [1.82, 2.24) is 9.55 Å². The number of ether oxygens (including phenoxy) is 1. The second-order valence-electron chi connectivity index (χ2n) is 5.82. The molecular formula is C11H15ClN3O14P3. The van der Waals surface area contributed by atoms with Crippen LogP contribution in [0.3, 0.4) is 0 Å². The van der Waals surface area contributed by atoms with Crippen molar-refractivity contribution in [2.45, 2.75) is 24.0 Å². The van der Waals surface area contributed by atoms with E-state index >= 15 is 0 Å². The minimum absolute atomic E-state index is 0.576. The Labute approximate surface area is 184 Å². The van der Waals surface area contributed by atoms with E-state index in [1.54, 1.807) is 5.38 Å². The first-order valence-corrected chi connectivity index (χ1v) is 12.5. The summed E-state index contributed by atoms with van der Waals surface area (Å²) in [7, 11) is -17.7. The molecule has 0 aromatic carbocycles. The van der Waals surface area contributed by atoms with Crippen LogP contribution in [0.25, 0.3) is 0 Å². The van der Waals surface area contributed by atoms with Crippen molar-refractivity contribution < 1.29 is 59.0 Å². The van der Waals surface area contributed by atoms with Crippen molar-refractivity contribution in [3.05, 3.63) is 33.1 Å². The number of hydrogen-bond donors (Lipinski definition) is 7. The smallest absolute Gasteiger partial charge is 0.387 e. The molecule has 2 rings (SSSR count). The van der Waals surface area contributed by atoms with Crippen LogP contribution in [0.15, 0.2) is 21.9 Å². The van der Waals surface area contributed by atoms with E-state index in [-0.39, 0.29) is 0 Å². The molecule has 2 heterocycles. The molecule has 17 nitrogen and oxygen atoms in total. The summed E-state index contributed by atoms with van der Waals surface area (Å²) >= 11 is 5.33. The van der Waals surface area contributed by atoms with E-state index in [1.807, 2.05) is 4.98 Å². The Morgan fingerprint density at radius 1 is 1.28 bits per heavy atom. The maximum absolute atomic E-state index is 12.1. The molecule has 1 aromatic heterocycles. The summed E-state index contributed by atoms with van der Waals surface area (Å²) in [6, 6.07) is 0.833. The molecule has 21 heteroatoms. The van der Waals surface area contributed by atoms with Gasteiger partial charge in [0.15, 0.2) is 11.8 Å². The zero-order valence-electron chi connectivity index (χ0n) is 17.0. The molecule has 0 amide bonds. The van der Waals surface area contributed by atoms with Gasteiger partial charge in [-0.15, -0.1) is 0 Å². The lowest BCUT2D eigenvalue weighted by Crippen LogP contribution is -2.55. The summed E-state index contributed by atoms with van der Waals surface area (Å²) in [4.78, 5) is 61.1. The normalized spacial score (nSPS) is 30.9. The molecule has 8 N–H and O–H groups in total. The van der Waals surface area contributed by atoms with Gasteiger partial charge >= 0.3 is 29.2 Å². The summed E-state index contributed by atoms with van der Waals surface area (Å²) in [6.07, 6.45) is -5.72. The molecule has 3 unspecified atom stereocenters. The molecule has 6 atom stereocenters. The van der Waals surface area contributed by atoms with E-state index < -0.39 is 65.3 Å². The van der Waals surface area contributed by atoms with Gasteiger partial charge in [0.1, 0.15) is 12.2 Å². The van der Waals surface area contributed by atoms with Gasteiger partial charge in [-0.2, -0.15) is 8.62 Å². The highest BCUT2D eigenvalue weighted by molar-refractivity contribution is 7.66. The van der Waals surface area contributed by atoms with Gasteiger partial charge in [0.2, 0.25) is 0 Å². The zero-order valence-corrected chi connectivity index (χ0v) is 18.5. The summed E-state index contributed by atoms with van der Waals surface area (Å²) in [5.74, 6) is 2.08. The van der Waals surface area contributed by atoms with Crippen molar-refractivity contribution in [3.8, 4) is 11.3 Å². The number of rotatable bonds is 8. The number of phosphoric acid groups is 3. The van der Waals surface area contributed by atoms with Crippen molar-refractivity contribution in [2.24, 2.45) is 5.73 Å². The first-order chi connectivity index (χ1) is 15.2. The number of nitrogens with two attached hydrogens (primary N) is 1. The number of nitrogens with zero attached hydrogens (tertiary/aromatic N) is 1. The molecule has 0 spiro atoms. The number of aliphatic hydroxyl groups is 1. The summed E-state index contributed by atoms with van der Waals surface area (Å²) in [6.45, 7) is -3.63. The minimum atomic E-state index is -6.03. The fourth-order valence-electron chi connectivity index (χ4n) is 2.35. The quantitative estimate of drug-likeness (QED) is 0.138. The van der Waals surface area contributed by atoms with Crippen LogP contribution in [0, 0.1) is 11.3 Å². The fraction of sp³-hybridized carbons (Fsp3) is 0.455. The van der Waals surface area contributed by atoms with E-state index in [9.17, 15) is 38.2 Å². The topological polar surface area (TPSA) is 270 Å². The molecule has 180 valence electrons. The minimum Gasteiger partial charge on any atom is -0.387 e. The summed E-state index contributed by atoms with van der Waals surface area (Å²) in [5.41, 5.74) is 1.57. The molecule has 1 aliphatic heterocycles. The number of aromatic nitrogens is 2. The fourth-order valence-corrected chi connectivity index (χ4v) is 5.39. The number of aliphatic hydroxyl groups excluding tert-OH is 1. The predicted octanol–water partition coefficient (Wildman–Crippen LogP) is -1.96. The van der Waals surface area contributed by atoms with Crippen LogP contribution in [0.5, 0.6) is 0 Å². The van der Waals surface area contributed by atoms with Crippen molar-refractivity contribution in [3.63, 3.8) is 0 Å². The third-order valence-corrected chi connectivity index (χ3v) is 7.29. The largest absolute Gasteiger partial charge is 0.490 e. The van der Waals surface area contributed by atoms with Gasteiger partial charge in [-0.1, -0.05) is 5.92 Å². The van der Waals surface area contributed by atoms with Crippen LogP contribution in [-0.4, -0.2) is 58.5 Å². The molecule has 0 bridgehead atoms. The maximum atomic E-state index is 12.1. The molecule has 0 saturated carbocycles. The Morgan fingerprint density at radius 2 is 1.91 bits per heavy atom. The van der Waals surface area contributed by atoms with Gasteiger partial charge in [0, 0.05) is 17.6 Å². The highest BCUT2D eigenvalue weighted by Gasteiger charge is 2.55. The first kappa shape index (κ1) is 24.0. The summed E-state index contributed by atoms with van der Waals surface area (Å²) in [5, 5.41) is 12.4. The van der Waals surface area contributed by atoms with E-state index in [1.165, 1.54) is 0 Å². The first-order valence-electron chi connectivity index (χ1n) is 8.64. The van der Waals surface area contributed by atoms with Crippen molar-refractivity contribution in [2.75, 3.05) is 6.56 Å². The number of H-pyrrole nitrogens is 1. The third kappa shape index (κ3) is 6.67. The van der Waals surface area contributed by atoms with Gasteiger partial charge < -0.3 is 35.2 Å². The van der Waals surface area contributed by atoms with Crippen molar-refractivity contribution >= 4 is 35.1 Å². The molecule has 0 aliphatic carbocycles. The highest BCUT2D eigenvalue weighted by atomic mass is 35.5. The summed E-state index contributed by atoms with van der Waals surface area (Å²) < 4.78 is 66.7. The number of phosphoric ester groups is 1. The number of hydrogen-bond acceptors (Lipinski definition) is 11. The van der Waals surface area contributed by atoms with Gasteiger partial charge in [0.25, 0.3) is 5.56 Å². The van der Waals surface area contributed by atoms with Gasteiger partial charge in [-0.05, 0) is 11.6 Å². The number of nitrogens with one attached hydrogen (secondary N) is 1. The van der Waals surface area contributed by atoms with Crippen LogP contribution in [0.2, 0.25) is 0 Å². The second-order valence-corrected chi connectivity index (χ2v) is 10.4. The van der Waals surface area contributed by atoms with Crippen LogP contribution >= 0.6 is 35.1 Å². The van der Waals surface area contributed by atoms with E-state index in [2.05, 4.69) is 19.1 Å². The van der Waals surface area contributed by atoms with Gasteiger partial charge in [0.05, 0.1) is 9.30 Å². The van der Waals surface area contributed by atoms with Crippen molar-refractivity contribution in [1.29, 1.82) is 0 Å². The standard InChI is InChI=1S/C11H15ClN3O14P3/c12-3-2-11(13)8(17)6(27-9(11)15-4-1-7(16)14-10(15)18)5-26-31(22,23)29-32(24,25)28-30(19,20)21/h1,4,6,8-9,17H,5,13H2,(H,22,23)(H,24,25)(H,14,16,18)(H2,19,20,21)/t6-,8+,9-,11?/m1/s1/i5D2. The third-order valence-electron chi connectivity index (χ3n) is 3.53. The highest BCUT2D eigenvalue weighted by Crippen LogP contribution is 2.66. The SMILES string of the molecule is [2H]C([2H])(OP(=O)(O)OP(=O)(O)OP(=O)(O)O)[C@H]1O[C@@H](n2ccc(=O)[nH]c2=O)C(N)(C#CCl)[C@H]1O. The Bertz CT molecular complexity index is 1270. The Balaban J connectivity index is 2.41. The lowest BCUT2D eigenvalue weighted by atomic mass is 9.92. The Hall–Kier alpha value is -1.18. The predicted molar refractivity (Wildman–Crippen MR) is 102 cm³/mol. The lowest BCUT2D eigenvalue weighted by molar-refractivity contribution is -0.0468. The van der Waals surface area contributed by atoms with Gasteiger partial charge in [-0.3, -0.25) is 18.9 Å². The zero-order chi connectivity index (χ0) is 26.3. The van der Waals surface area contributed by atoms with Gasteiger partial charge in [-0.25, -0.2) is 18.5 Å². The Morgan fingerprint density at radius 3 is 2.44 bits per heavy atom. The molecule has 1 fully saturated rings. The van der Waals surface area contributed by atoms with E-state index in [0.717, 1.165) is 12.3 Å². The molecule has 0 radical (unpaired) electrons. The van der Waals surface area contributed by atoms with E-state index in [4.69, 9.17) is 34.6 Å². The monoisotopic (exact) mass is 543 g/mol. The van der Waals surface area contributed by atoms with Crippen LogP contribution in [0.1, 0.15) is 8.97 Å². The van der Waals surface area contributed by atoms with Crippen LogP contribution in [0.4, 0.5) is 0 Å². The molecule has 1 aromatic rings. The van der Waals surface area contributed by atoms with Crippen LogP contribution in [-0.2, 0) is 31.6 Å². The maximum Gasteiger partial charge on any atom is 0.490 e. The van der Waals surface area contributed by atoms with Crippen LogP contribution < -0.4 is 17.0 Å². The number of aromatic amines is 1. The number of halogens is 1. The molecule has 1 aliphatic rings. The molecule has 32 heavy (non-hydrogen) atoms. The molecule has 1 saturated heterocycles. The second kappa shape index (κ2) is 9.59. The molecular weight excluding hydrogens is 527 g/mol.